The summed E-state index contributed by atoms with van der Waals surface area (Å²) in [6, 6.07) is 21.7. The minimum Gasteiger partial charge on any atom is -0.378 e. The monoisotopic (exact) mass is 749 g/mol. The molecule has 53 heavy (non-hydrogen) atoms. The summed E-state index contributed by atoms with van der Waals surface area (Å²) in [6.45, 7) is 12.0. The van der Waals surface area contributed by atoms with Crippen molar-refractivity contribution in [3.63, 3.8) is 0 Å². The predicted octanol–water partition coefficient (Wildman–Crippen LogP) is 8.02. The molecule has 14 nitrogen and oxygen atoms in total. The van der Waals surface area contributed by atoms with E-state index in [-0.39, 0.29) is 0 Å². The van der Waals surface area contributed by atoms with Gasteiger partial charge in [-0.05, 0) is 60.5 Å². The van der Waals surface area contributed by atoms with E-state index in [9.17, 15) is 0 Å². The predicted molar refractivity (Wildman–Crippen MR) is 214 cm³/mol. The summed E-state index contributed by atoms with van der Waals surface area (Å²) in [4.78, 5) is 31.2. The highest BCUT2D eigenvalue weighted by molar-refractivity contribution is 7.95. The van der Waals surface area contributed by atoms with E-state index in [0.717, 1.165) is 38.0 Å². The molecule has 6 rings (SSSR count). The van der Waals surface area contributed by atoms with Crippen LogP contribution < -0.4 is 26.2 Å². The summed E-state index contributed by atoms with van der Waals surface area (Å²) < 4.78 is 16.5. The quantitative estimate of drug-likeness (QED) is 0.0436. The van der Waals surface area contributed by atoms with Crippen LogP contribution in [0.1, 0.15) is 17.0 Å². The van der Waals surface area contributed by atoms with Crippen LogP contribution in [0.3, 0.4) is 0 Å². The van der Waals surface area contributed by atoms with Gasteiger partial charge >= 0.3 is 0 Å². The molecule has 1 aliphatic rings. The smallest absolute Gasteiger partial charge is 0.233 e. The third-order valence-corrected chi connectivity index (χ3v) is 8.94. The zero-order valence-electron chi connectivity index (χ0n) is 29.5. The Morgan fingerprint density at radius 3 is 1.81 bits per heavy atom. The molecule has 3 heterocycles. The van der Waals surface area contributed by atoms with Gasteiger partial charge in [-0.25, -0.2) is 0 Å². The van der Waals surface area contributed by atoms with Crippen molar-refractivity contribution in [2.75, 3.05) is 66.7 Å². The first-order valence-corrected chi connectivity index (χ1v) is 18.0. The number of aromatic nitrogens is 6. The van der Waals surface area contributed by atoms with Crippen LogP contribution in [0.5, 0.6) is 0 Å². The number of nitrogens with one attached hydrogen (secondary N) is 4. The fourth-order valence-corrected chi connectivity index (χ4v) is 6.26. The average molecular weight is 750 g/mol. The van der Waals surface area contributed by atoms with Crippen LogP contribution in [-0.2, 0) is 13.1 Å². The number of hydrogen-bond donors (Lipinski definition) is 4. The molecule has 0 atom stereocenters. The molecule has 0 unspecified atom stereocenters. The first kappa shape index (κ1) is 37.2. The van der Waals surface area contributed by atoms with Gasteiger partial charge in [-0.2, -0.15) is 29.9 Å². The van der Waals surface area contributed by atoms with E-state index < -0.39 is 0 Å². The lowest BCUT2D eigenvalue weighted by molar-refractivity contribution is 0.122. The summed E-state index contributed by atoms with van der Waals surface area (Å²) in [7, 11) is 3.27. The van der Waals surface area contributed by atoms with E-state index in [4.69, 9.17) is 23.1 Å². The van der Waals surface area contributed by atoms with Gasteiger partial charge in [-0.1, -0.05) is 55.6 Å². The van der Waals surface area contributed by atoms with Crippen LogP contribution in [-0.4, -0.2) is 70.4 Å². The van der Waals surface area contributed by atoms with Gasteiger partial charge in [0.1, 0.15) is 5.82 Å². The van der Waals surface area contributed by atoms with E-state index in [1.54, 1.807) is 27.2 Å². The van der Waals surface area contributed by atoms with E-state index in [2.05, 4.69) is 59.3 Å². The molecule has 4 N–H and O–H groups in total. The molecule has 0 bridgehead atoms. The largest absolute Gasteiger partial charge is 0.378 e. The maximum absolute atomic E-state index is 5.55. The first-order chi connectivity index (χ1) is 25.9. The second-order valence-electron chi connectivity index (χ2n) is 11.3. The molecule has 272 valence electrons. The molecular weight excluding hydrogens is 711 g/mol. The van der Waals surface area contributed by atoms with Gasteiger partial charge in [0.15, 0.2) is 0 Å². The molecule has 1 fully saturated rings. The highest BCUT2D eigenvalue weighted by atomic mass is 32.2. The normalized spacial score (nSPS) is 12.8. The number of ether oxygens (including phenoxy) is 1. The minimum atomic E-state index is 0.373. The molecule has 0 amide bonds. The molecule has 16 heteroatoms. The number of nitrogens with zero attached hydrogens (tertiary/aromatic N) is 7. The Bertz CT molecular complexity index is 2080. The number of morpholine rings is 1. The molecule has 0 saturated carbocycles. The molecule has 0 aliphatic carbocycles. The van der Waals surface area contributed by atoms with E-state index in [0.29, 0.717) is 67.6 Å². The van der Waals surface area contributed by atoms with Crippen molar-refractivity contribution in [1.82, 2.24) is 29.9 Å². The Morgan fingerprint density at radius 2 is 1.25 bits per heavy atom. The minimum absolute atomic E-state index is 0.373. The van der Waals surface area contributed by atoms with Crippen molar-refractivity contribution in [3.05, 3.63) is 109 Å². The van der Waals surface area contributed by atoms with Crippen LogP contribution in [0.15, 0.2) is 101 Å². The molecule has 0 radical (unpaired) electrons. The van der Waals surface area contributed by atoms with Gasteiger partial charge in [0.2, 0.25) is 29.7 Å². The maximum Gasteiger partial charge on any atom is 0.233 e. The zero-order chi connectivity index (χ0) is 37.0. The number of rotatable bonds is 16. The summed E-state index contributed by atoms with van der Waals surface area (Å²) in [5.41, 5.74) is 4.94. The highest BCUT2D eigenvalue weighted by Gasteiger charge is 2.18. The molecule has 1 saturated heterocycles. The van der Waals surface area contributed by atoms with Crippen molar-refractivity contribution in [3.8, 4) is 0 Å². The van der Waals surface area contributed by atoms with Gasteiger partial charge in [0.05, 0.1) is 27.4 Å². The fourth-order valence-electron chi connectivity index (χ4n) is 5.08. The van der Waals surface area contributed by atoms with Crippen molar-refractivity contribution < 1.29 is 13.1 Å². The standard InChI is InChI=1S/C37H39N11O3S2/c1-6-24(2)38-33-39-25(3)40-34(44-33)42-29-16-14-26(31(22-29)52-49-4)12-13-27-15-17-30(23-32(27)53-50-5)43-36-45-35(41-28-10-8-7-9-11-28)46-37(47-36)48-18-20-51-21-19-48/h6-17,22-23H,1-2,18-21H2,3-5H3,(H2,38,39,40,42,44)(H2,41,43,45,46,47)/b13-12+. The van der Waals surface area contributed by atoms with Gasteiger partial charge in [-0.3, -0.25) is 0 Å². The lowest BCUT2D eigenvalue weighted by atomic mass is 10.1. The number of anilines is 8. The molecule has 3 aromatic carbocycles. The number of hydrogen-bond acceptors (Lipinski definition) is 16. The van der Waals surface area contributed by atoms with Gasteiger partial charge in [0, 0.05) is 69.7 Å². The molecule has 2 aromatic heterocycles. The Balaban J connectivity index is 1.22. The zero-order valence-corrected chi connectivity index (χ0v) is 31.1. The SMILES string of the molecule is C=CC(=C)Nc1nc(C)nc(Nc2ccc(/C=C/c3ccc(Nc4nc(Nc5ccccc5)nc(N5CCOCC5)n4)cc3SOC)c(SOC)c2)n1. The Morgan fingerprint density at radius 1 is 0.717 bits per heavy atom. The maximum atomic E-state index is 5.55. The van der Waals surface area contributed by atoms with E-state index in [1.165, 1.54) is 24.1 Å². The van der Waals surface area contributed by atoms with Crippen LogP contribution in [0, 0.1) is 6.92 Å². The van der Waals surface area contributed by atoms with Gasteiger partial charge in [0.25, 0.3) is 0 Å². The summed E-state index contributed by atoms with van der Waals surface area (Å²) in [5, 5.41) is 12.9. The third-order valence-electron chi connectivity index (χ3n) is 7.54. The Labute approximate surface area is 317 Å². The summed E-state index contributed by atoms with van der Waals surface area (Å²) >= 11 is 2.52. The molecular formula is C37H39N11O3S2. The molecule has 0 spiro atoms. The Kier molecular flexibility index (Phi) is 12.9. The summed E-state index contributed by atoms with van der Waals surface area (Å²) in [6.07, 6.45) is 5.66. The number of para-hydroxylation sites is 1. The van der Waals surface area contributed by atoms with E-state index in [1.807, 2.05) is 78.9 Å². The topological polar surface area (TPSA) is 156 Å². The lowest BCUT2D eigenvalue weighted by Crippen LogP contribution is -2.37. The highest BCUT2D eigenvalue weighted by Crippen LogP contribution is 2.32. The van der Waals surface area contributed by atoms with Crippen LogP contribution in [0.2, 0.25) is 0 Å². The van der Waals surface area contributed by atoms with Crippen molar-refractivity contribution in [2.24, 2.45) is 0 Å². The lowest BCUT2D eigenvalue weighted by Gasteiger charge is -2.27. The number of allylic oxidation sites excluding steroid dienone is 1. The van der Waals surface area contributed by atoms with Crippen LogP contribution in [0.25, 0.3) is 12.2 Å². The van der Waals surface area contributed by atoms with Crippen molar-refractivity contribution in [1.29, 1.82) is 0 Å². The fraction of sp³-hybridized carbons (Fsp3) is 0.189. The van der Waals surface area contributed by atoms with E-state index >= 15 is 0 Å². The number of benzene rings is 3. The first-order valence-electron chi connectivity index (χ1n) is 16.5. The van der Waals surface area contributed by atoms with Crippen molar-refractivity contribution in [2.45, 2.75) is 16.7 Å². The molecule has 5 aromatic rings. The average Bonchev–Trinajstić information content (AvgIpc) is 3.16. The van der Waals surface area contributed by atoms with Gasteiger partial charge in [-0.15, -0.1) is 0 Å². The number of aryl methyl sites for hydroxylation is 1. The second kappa shape index (κ2) is 18.3. The third kappa shape index (κ3) is 10.5. The van der Waals surface area contributed by atoms with Gasteiger partial charge < -0.3 is 39.3 Å². The van der Waals surface area contributed by atoms with Crippen LogP contribution >= 0.6 is 24.1 Å². The van der Waals surface area contributed by atoms with Crippen LogP contribution in [0.4, 0.5) is 46.8 Å². The second-order valence-corrected chi connectivity index (χ2v) is 13.2. The molecule has 1 aliphatic heterocycles. The van der Waals surface area contributed by atoms with Crippen molar-refractivity contribution >= 4 is 83.0 Å². The Hall–Kier alpha value is -5.52. The summed E-state index contributed by atoms with van der Waals surface area (Å²) in [5.74, 6) is 2.73.